The molecular weight excluding hydrogens is 262 g/mol. The van der Waals surface area contributed by atoms with E-state index in [4.69, 9.17) is 5.73 Å². The van der Waals surface area contributed by atoms with Crippen LogP contribution < -0.4 is 5.73 Å². The van der Waals surface area contributed by atoms with Crippen molar-refractivity contribution in [2.24, 2.45) is 11.1 Å². The Balaban J connectivity index is 2.98. The molecule has 1 unspecified atom stereocenters. The molecule has 3 N–H and O–H groups in total. The minimum absolute atomic E-state index is 0.196. The van der Waals surface area contributed by atoms with Crippen LogP contribution in [0.5, 0.6) is 0 Å². The summed E-state index contributed by atoms with van der Waals surface area (Å²) in [5.74, 6) is -1.62. The van der Waals surface area contributed by atoms with Crippen LogP contribution in [0.4, 0.5) is 4.79 Å². The Bertz CT molecular complexity index is 408. The number of nitrogens with two attached hydrogens (primary N) is 1. The first-order valence-electron chi connectivity index (χ1n) is 6.77. The second-order valence-corrected chi connectivity index (χ2v) is 5.79. The van der Waals surface area contributed by atoms with Gasteiger partial charge in [0.25, 0.3) is 0 Å². The SMILES string of the molecule is CCN(CC(N)=O)C(=O)N1CCCC(C)(C)C1C(=O)O. The lowest BCUT2D eigenvalue weighted by atomic mass is 9.76. The van der Waals surface area contributed by atoms with Crippen molar-refractivity contribution in [2.75, 3.05) is 19.6 Å². The van der Waals surface area contributed by atoms with E-state index in [0.717, 1.165) is 12.8 Å². The highest BCUT2D eigenvalue weighted by atomic mass is 16.4. The number of carboxylic acid groups (broad SMARTS) is 1. The van der Waals surface area contributed by atoms with E-state index in [-0.39, 0.29) is 6.54 Å². The Morgan fingerprint density at radius 1 is 1.40 bits per heavy atom. The normalized spacial score (nSPS) is 21.4. The van der Waals surface area contributed by atoms with Crippen LogP contribution in [0.3, 0.4) is 0 Å². The van der Waals surface area contributed by atoms with E-state index in [1.54, 1.807) is 6.92 Å². The molecule has 7 heteroatoms. The van der Waals surface area contributed by atoms with Crippen molar-refractivity contribution in [1.82, 2.24) is 9.80 Å². The minimum Gasteiger partial charge on any atom is -0.480 e. The fourth-order valence-electron chi connectivity index (χ4n) is 2.75. The van der Waals surface area contributed by atoms with Crippen molar-refractivity contribution in [2.45, 2.75) is 39.7 Å². The van der Waals surface area contributed by atoms with Gasteiger partial charge in [0.2, 0.25) is 5.91 Å². The molecule has 0 aliphatic carbocycles. The van der Waals surface area contributed by atoms with Crippen molar-refractivity contribution in [3.8, 4) is 0 Å². The lowest BCUT2D eigenvalue weighted by Crippen LogP contribution is -2.60. The predicted molar refractivity (Wildman–Crippen MR) is 73.0 cm³/mol. The highest BCUT2D eigenvalue weighted by Crippen LogP contribution is 2.35. The lowest BCUT2D eigenvalue weighted by molar-refractivity contribution is -0.148. The molecule has 3 amide bonds. The summed E-state index contributed by atoms with van der Waals surface area (Å²) < 4.78 is 0. The summed E-state index contributed by atoms with van der Waals surface area (Å²) in [7, 11) is 0. The summed E-state index contributed by atoms with van der Waals surface area (Å²) in [5, 5.41) is 9.43. The summed E-state index contributed by atoms with van der Waals surface area (Å²) in [5.41, 5.74) is 4.62. The van der Waals surface area contributed by atoms with Crippen molar-refractivity contribution < 1.29 is 19.5 Å². The summed E-state index contributed by atoms with van der Waals surface area (Å²) in [4.78, 5) is 37.6. The van der Waals surface area contributed by atoms with Crippen molar-refractivity contribution in [3.63, 3.8) is 0 Å². The molecule has 1 aliphatic rings. The molecule has 7 nitrogen and oxygen atoms in total. The van der Waals surface area contributed by atoms with E-state index in [1.165, 1.54) is 9.80 Å². The smallest absolute Gasteiger partial charge is 0.327 e. The zero-order valence-electron chi connectivity index (χ0n) is 12.3. The molecule has 0 aromatic carbocycles. The van der Waals surface area contributed by atoms with Gasteiger partial charge in [-0.3, -0.25) is 4.79 Å². The molecule has 1 fully saturated rings. The molecule has 1 aliphatic heterocycles. The Kier molecular flexibility index (Phi) is 4.97. The van der Waals surface area contributed by atoms with E-state index in [9.17, 15) is 19.5 Å². The van der Waals surface area contributed by atoms with Gasteiger partial charge in [0.05, 0.1) is 0 Å². The molecule has 1 rings (SSSR count). The number of carbonyl (C=O) groups excluding carboxylic acids is 2. The van der Waals surface area contributed by atoms with Crippen LogP contribution in [0.1, 0.15) is 33.6 Å². The van der Waals surface area contributed by atoms with Crippen LogP contribution in [0.2, 0.25) is 0 Å². The van der Waals surface area contributed by atoms with E-state index in [0.29, 0.717) is 13.1 Å². The fourth-order valence-corrected chi connectivity index (χ4v) is 2.75. The van der Waals surface area contributed by atoms with Crippen molar-refractivity contribution in [1.29, 1.82) is 0 Å². The second kappa shape index (κ2) is 6.11. The summed E-state index contributed by atoms with van der Waals surface area (Å²) in [6, 6.07) is -1.32. The van der Waals surface area contributed by atoms with Crippen LogP contribution in [0.15, 0.2) is 0 Å². The highest BCUT2D eigenvalue weighted by Gasteiger charge is 2.45. The number of amides is 3. The van der Waals surface area contributed by atoms with Crippen LogP contribution in [0.25, 0.3) is 0 Å². The number of piperidine rings is 1. The summed E-state index contributed by atoms with van der Waals surface area (Å²) >= 11 is 0. The number of hydrogen-bond acceptors (Lipinski definition) is 3. The summed E-state index contributed by atoms with van der Waals surface area (Å²) in [6.45, 7) is 5.91. The van der Waals surface area contributed by atoms with Gasteiger partial charge >= 0.3 is 12.0 Å². The number of carbonyl (C=O) groups is 3. The standard InChI is InChI=1S/C13H23N3O4/c1-4-15(8-9(14)17)12(20)16-7-5-6-13(2,3)10(16)11(18)19/h10H,4-8H2,1-3H3,(H2,14,17)(H,18,19). The average Bonchev–Trinajstić information content (AvgIpc) is 2.32. The number of urea groups is 1. The Hall–Kier alpha value is -1.79. The van der Waals surface area contributed by atoms with Gasteiger partial charge in [0.1, 0.15) is 12.6 Å². The monoisotopic (exact) mass is 285 g/mol. The number of likely N-dealkylation sites (N-methyl/N-ethyl adjacent to an activating group) is 1. The molecule has 114 valence electrons. The molecule has 0 spiro atoms. The van der Waals surface area contributed by atoms with E-state index in [1.807, 2.05) is 13.8 Å². The molecule has 0 radical (unpaired) electrons. The zero-order chi connectivity index (χ0) is 15.5. The quantitative estimate of drug-likeness (QED) is 0.784. The fraction of sp³-hybridized carbons (Fsp3) is 0.769. The largest absolute Gasteiger partial charge is 0.480 e. The molecule has 0 aromatic heterocycles. The zero-order valence-corrected chi connectivity index (χ0v) is 12.3. The Morgan fingerprint density at radius 2 is 2.00 bits per heavy atom. The van der Waals surface area contributed by atoms with Crippen LogP contribution >= 0.6 is 0 Å². The number of nitrogens with zero attached hydrogens (tertiary/aromatic N) is 2. The van der Waals surface area contributed by atoms with Crippen molar-refractivity contribution >= 4 is 17.9 Å². The lowest BCUT2D eigenvalue weighted by Gasteiger charge is -2.45. The molecule has 0 bridgehead atoms. The Labute approximate surface area is 118 Å². The maximum Gasteiger partial charge on any atom is 0.327 e. The Morgan fingerprint density at radius 3 is 2.45 bits per heavy atom. The van der Waals surface area contributed by atoms with Crippen molar-refractivity contribution in [3.05, 3.63) is 0 Å². The number of primary amides is 1. The highest BCUT2D eigenvalue weighted by molar-refractivity contribution is 5.86. The van der Waals surface area contributed by atoms with E-state index in [2.05, 4.69) is 0 Å². The molecule has 1 saturated heterocycles. The molecule has 0 aromatic rings. The number of hydrogen-bond donors (Lipinski definition) is 2. The molecule has 1 heterocycles. The molecule has 1 atom stereocenters. The maximum atomic E-state index is 12.4. The van der Waals surface area contributed by atoms with Crippen LogP contribution in [-0.2, 0) is 9.59 Å². The third-order valence-electron chi connectivity index (χ3n) is 3.75. The van der Waals surface area contributed by atoms with Gasteiger partial charge in [-0.15, -0.1) is 0 Å². The summed E-state index contributed by atoms with van der Waals surface area (Å²) in [6.07, 6.45) is 1.49. The van der Waals surface area contributed by atoms with Gasteiger partial charge in [-0.1, -0.05) is 13.8 Å². The van der Waals surface area contributed by atoms with Crippen LogP contribution in [0, 0.1) is 5.41 Å². The number of rotatable bonds is 4. The topological polar surface area (TPSA) is 104 Å². The van der Waals surface area contributed by atoms with Gasteiger partial charge in [0, 0.05) is 13.1 Å². The van der Waals surface area contributed by atoms with Gasteiger partial charge in [-0.25, -0.2) is 9.59 Å². The van der Waals surface area contributed by atoms with E-state index < -0.39 is 29.4 Å². The van der Waals surface area contributed by atoms with Gasteiger partial charge in [-0.05, 0) is 25.2 Å². The number of aliphatic carboxylic acids is 1. The molecule has 0 saturated carbocycles. The third kappa shape index (κ3) is 3.40. The molecule has 20 heavy (non-hydrogen) atoms. The van der Waals surface area contributed by atoms with Gasteiger partial charge < -0.3 is 20.6 Å². The predicted octanol–water partition coefficient (Wildman–Crippen LogP) is 0.489. The first-order valence-corrected chi connectivity index (χ1v) is 6.77. The third-order valence-corrected chi connectivity index (χ3v) is 3.75. The maximum absolute atomic E-state index is 12.4. The number of likely N-dealkylation sites (tertiary alicyclic amines) is 1. The van der Waals surface area contributed by atoms with Gasteiger partial charge in [-0.2, -0.15) is 0 Å². The molecular formula is C13H23N3O4. The average molecular weight is 285 g/mol. The first kappa shape index (κ1) is 16.3. The minimum atomic E-state index is -1.02. The van der Waals surface area contributed by atoms with Gasteiger partial charge in [0.15, 0.2) is 0 Å². The van der Waals surface area contributed by atoms with Crippen LogP contribution in [-0.4, -0.2) is 58.5 Å². The first-order chi connectivity index (χ1) is 9.20. The van der Waals surface area contributed by atoms with E-state index >= 15 is 0 Å². The second-order valence-electron chi connectivity index (χ2n) is 5.79. The number of carboxylic acids is 1.